The van der Waals surface area contributed by atoms with E-state index in [1.54, 1.807) is 13.1 Å². The van der Waals surface area contributed by atoms with E-state index in [9.17, 15) is 8.42 Å². The second kappa shape index (κ2) is 4.55. The van der Waals surface area contributed by atoms with Crippen molar-refractivity contribution in [1.29, 1.82) is 0 Å². The van der Waals surface area contributed by atoms with Crippen LogP contribution in [0.2, 0.25) is 0 Å². The molecule has 0 aromatic carbocycles. The molecule has 0 spiro atoms. The Hall–Kier alpha value is -0.520. The molecule has 1 aromatic heterocycles. The van der Waals surface area contributed by atoms with Crippen molar-refractivity contribution in [1.82, 2.24) is 9.29 Å². The molecule has 0 saturated carbocycles. The number of nitrogens with one attached hydrogen (secondary N) is 1. The number of hydrogen-bond donors (Lipinski definition) is 1. The number of aromatic nitrogens is 1. The molecule has 1 heterocycles. The van der Waals surface area contributed by atoms with Crippen molar-refractivity contribution in [2.45, 2.75) is 30.7 Å². The molecule has 0 aliphatic heterocycles. The zero-order valence-corrected chi connectivity index (χ0v) is 10.6. The third kappa shape index (κ3) is 2.53. The number of hydrogen-bond acceptors (Lipinski definition) is 2. The van der Waals surface area contributed by atoms with Crippen LogP contribution in [0.3, 0.4) is 0 Å². The number of aromatic amines is 1. The average Bonchev–Trinajstić information content (AvgIpc) is 2.65. The summed E-state index contributed by atoms with van der Waals surface area (Å²) in [6.07, 6.45) is 1.46. The quantitative estimate of drug-likeness (QED) is 0.829. The van der Waals surface area contributed by atoms with Crippen molar-refractivity contribution in [2.75, 3.05) is 7.05 Å². The Balaban J connectivity index is 3.06. The topological polar surface area (TPSA) is 53.2 Å². The van der Waals surface area contributed by atoms with Gasteiger partial charge in [0.2, 0.25) is 10.0 Å². The molecule has 15 heavy (non-hydrogen) atoms. The average molecular weight is 251 g/mol. The van der Waals surface area contributed by atoms with Crippen LogP contribution in [0.15, 0.2) is 17.2 Å². The minimum Gasteiger partial charge on any atom is -0.363 e. The lowest BCUT2D eigenvalue weighted by molar-refractivity contribution is 0.410. The Morgan fingerprint density at radius 3 is 2.53 bits per heavy atom. The summed E-state index contributed by atoms with van der Waals surface area (Å²) < 4.78 is 25.3. The zero-order chi connectivity index (χ0) is 11.6. The van der Waals surface area contributed by atoms with Crippen molar-refractivity contribution in [3.05, 3.63) is 18.0 Å². The molecule has 0 saturated heterocycles. The van der Waals surface area contributed by atoms with E-state index in [2.05, 4.69) is 4.98 Å². The van der Waals surface area contributed by atoms with Gasteiger partial charge in [-0.25, -0.2) is 8.42 Å². The molecule has 0 atom stereocenters. The molecule has 0 aliphatic rings. The molecule has 6 heteroatoms. The molecule has 0 aliphatic carbocycles. The van der Waals surface area contributed by atoms with Gasteiger partial charge >= 0.3 is 0 Å². The normalized spacial score (nSPS) is 12.7. The Morgan fingerprint density at radius 2 is 2.13 bits per heavy atom. The highest BCUT2D eigenvalue weighted by Crippen LogP contribution is 2.17. The van der Waals surface area contributed by atoms with Gasteiger partial charge in [0.1, 0.15) is 0 Å². The van der Waals surface area contributed by atoms with Crippen LogP contribution in [0.4, 0.5) is 0 Å². The number of alkyl halides is 1. The van der Waals surface area contributed by atoms with Gasteiger partial charge in [-0.15, -0.1) is 11.6 Å². The third-order valence-electron chi connectivity index (χ3n) is 2.26. The lowest BCUT2D eigenvalue weighted by Gasteiger charge is -2.19. The van der Waals surface area contributed by atoms with E-state index in [1.807, 2.05) is 13.8 Å². The Kier molecular flexibility index (Phi) is 3.81. The SMILES string of the molecule is CC(C)N(C)S(=O)(=O)c1c[nH]c(CCl)c1. The maximum Gasteiger partial charge on any atom is 0.244 e. The predicted octanol–water partition coefficient (Wildman–Crippen LogP) is 1.78. The summed E-state index contributed by atoms with van der Waals surface area (Å²) in [5.41, 5.74) is 0.701. The highest BCUT2D eigenvalue weighted by Gasteiger charge is 2.23. The monoisotopic (exact) mass is 250 g/mol. The lowest BCUT2D eigenvalue weighted by atomic mass is 10.4. The molecule has 4 nitrogen and oxygen atoms in total. The highest BCUT2D eigenvalue weighted by atomic mass is 35.5. The Morgan fingerprint density at radius 1 is 1.53 bits per heavy atom. The van der Waals surface area contributed by atoms with Crippen LogP contribution >= 0.6 is 11.6 Å². The molecule has 0 radical (unpaired) electrons. The van der Waals surface area contributed by atoms with Gasteiger partial charge in [-0.05, 0) is 19.9 Å². The van der Waals surface area contributed by atoms with Gasteiger partial charge in [0.25, 0.3) is 0 Å². The van der Waals surface area contributed by atoms with Crippen molar-refractivity contribution >= 4 is 21.6 Å². The van der Waals surface area contributed by atoms with Crippen LogP contribution in [0.5, 0.6) is 0 Å². The van der Waals surface area contributed by atoms with Gasteiger partial charge in [0, 0.05) is 25.0 Å². The zero-order valence-electron chi connectivity index (χ0n) is 8.99. The first-order valence-corrected chi connectivity index (χ1v) is 6.58. The van der Waals surface area contributed by atoms with E-state index >= 15 is 0 Å². The summed E-state index contributed by atoms with van der Waals surface area (Å²) in [7, 11) is -1.82. The summed E-state index contributed by atoms with van der Waals surface area (Å²) in [6, 6.07) is 1.49. The van der Waals surface area contributed by atoms with Gasteiger partial charge in [-0.3, -0.25) is 0 Å². The number of halogens is 1. The standard InChI is InChI=1S/C9H15ClN2O2S/c1-7(2)12(3)15(13,14)9-4-8(5-10)11-6-9/h4,6-7,11H,5H2,1-3H3. The van der Waals surface area contributed by atoms with Crippen LogP contribution in [0.1, 0.15) is 19.5 Å². The minimum absolute atomic E-state index is 0.0654. The van der Waals surface area contributed by atoms with Gasteiger partial charge in [0.05, 0.1) is 10.8 Å². The van der Waals surface area contributed by atoms with E-state index in [4.69, 9.17) is 11.6 Å². The van der Waals surface area contributed by atoms with E-state index in [-0.39, 0.29) is 16.8 Å². The van der Waals surface area contributed by atoms with E-state index < -0.39 is 10.0 Å². The lowest BCUT2D eigenvalue weighted by Crippen LogP contribution is -2.32. The smallest absolute Gasteiger partial charge is 0.244 e. The summed E-state index contributed by atoms with van der Waals surface area (Å²) in [6.45, 7) is 3.65. The number of H-pyrrole nitrogens is 1. The van der Waals surface area contributed by atoms with E-state index in [1.165, 1.54) is 10.5 Å². The van der Waals surface area contributed by atoms with Gasteiger partial charge in [-0.2, -0.15) is 4.31 Å². The van der Waals surface area contributed by atoms with Gasteiger partial charge < -0.3 is 4.98 Å². The van der Waals surface area contributed by atoms with Gasteiger partial charge in [-0.1, -0.05) is 0 Å². The molecule has 86 valence electrons. The maximum absolute atomic E-state index is 12.0. The first kappa shape index (κ1) is 12.5. The van der Waals surface area contributed by atoms with Crippen LogP contribution < -0.4 is 0 Å². The van der Waals surface area contributed by atoms with Crippen molar-refractivity contribution in [3.63, 3.8) is 0 Å². The van der Waals surface area contributed by atoms with Crippen molar-refractivity contribution in [3.8, 4) is 0 Å². The van der Waals surface area contributed by atoms with E-state index in [0.29, 0.717) is 5.69 Å². The first-order valence-electron chi connectivity index (χ1n) is 4.61. The van der Waals surface area contributed by atoms with Crippen molar-refractivity contribution in [2.24, 2.45) is 0 Å². The predicted molar refractivity (Wildman–Crippen MR) is 60.4 cm³/mol. The fourth-order valence-electron chi connectivity index (χ4n) is 1.09. The molecule has 1 aromatic rings. The Labute approximate surface area is 95.3 Å². The van der Waals surface area contributed by atoms with Crippen LogP contribution in [-0.4, -0.2) is 30.8 Å². The fourth-order valence-corrected chi connectivity index (χ4v) is 2.63. The summed E-state index contributed by atoms with van der Waals surface area (Å²) in [5.74, 6) is 0.279. The molecular weight excluding hydrogens is 236 g/mol. The van der Waals surface area contributed by atoms with E-state index in [0.717, 1.165) is 0 Å². The van der Waals surface area contributed by atoms with Crippen molar-refractivity contribution < 1.29 is 8.42 Å². The second-order valence-corrected chi connectivity index (χ2v) is 5.87. The van der Waals surface area contributed by atoms with Crippen LogP contribution in [0, 0.1) is 0 Å². The van der Waals surface area contributed by atoms with Gasteiger partial charge in [0.15, 0.2) is 0 Å². The summed E-state index contributed by atoms with van der Waals surface area (Å²) in [4.78, 5) is 3.08. The first-order chi connectivity index (χ1) is 6.89. The number of rotatable bonds is 4. The Bertz CT molecular complexity index is 425. The number of nitrogens with zero attached hydrogens (tertiary/aromatic N) is 1. The highest BCUT2D eigenvalue weighted by molar-refractivity contribution is 7.89. The molecule has 0 amide bonds. The summed E-state index contributed by atoms with van der Waals surface area (Å²) in [5, 5.41) is 0. The minimum atomic E-state index is -3.38. The maximum atomic E-state index is 12.0. The largest absolute Gasteiger partial charge is 0.363 e. The number of sulfonamides is 1. The molecular formula is C9H15ClN2O2S. The fraction of sp³-hybridized carbons (Fsp3) is 0.556. The van der Waals surface area contributed by atoms with Crippen LogP contribution in [0.25, 0.3) is 0 Å². The second-order valence-electron chi connectivity index (χ2n) is 3.61. The summed E-state index contributed by atoms with van der Waals surface area (Å²) >= 11 is 5.59. The molecule has 0 unspecified atom stereocenters. The third-order valence-corrected chi connectivity index (χ3v) is 4.56. The molecule has 0 bridgehead atoms. The molecule has 1 rings (SSSR count). The molecule has 0 fully saturated rings. The molecule has 1 N–H and O–H groups in total. The van der Waals surface area contributed by atoms with Crippen LogP contribution in [-0.2, 0) is 15.9 Å².